The van der Waals surface area contributed by atoms with Crippen LogP contribution in [0.4, 0.5) is 0 Å². The number of epoxide rings is 3. The molecule has 7 nitrogen and oxygen atoms in total. The SMILES string of the molecule is ClCC1CO1.Oc1ccccc1Cc1ccccc1O.[H-].[Na+].c1ccc(OCC2CO2)c(Cc2ccccc2OCC2CO2)c1. The van der Waals surface area contributed by atoms with E-state index < -0.39 is 0 Å². The number of phenolic OH excluding ortho intramolecular Hbond substituents is 2. The number of hydrogen-bond acceptors (Lipinski definition) is 7. The van der Waals surface area contributed by atoms with Gasteiger partial charge in [0.15, 0.2) is 0 Å². The Morgan fingerprint density at radius 2 is 0.909 bits per heavy atom. The first kappa shape index (κ1) is 34.1. The number of rotatable bonds is 11. The van der Waals surface area contributed by atoms with E-state index in [1.807, 2.05) is 60.7 Å². The second-order valence-electron chi connectivity index (χ2n) is 10.5. The van der Waals surface area contributed by atoms with E-state index in [0.717, 1.165) is 60.0 Å². The number of ether oxygens (including phenoxy) is 5. The Bertz CT molecular complexity index is 1350. The van der Waals surface area contributed by atoms with Crippen molar-refractivity contribution in [2.24, 2.45) is 0 Å². The van der Waals surface area contributed by atoms with Gasteiger partial charge in [-0.15, -0.1) is 11.6 Å². The van der Waals surface area contributed by atoms with E-state index in [-0.39, 0.29) is 54.7 Å². The molecule has 3 heterocycles. The first-order chi connectivity index (χ1) is 21.1. The molecular formula is C35H38ClNaO7. The summed E-state index contributed by atoms with van der Waals surface area (Å²) in [5.74, 6) is 3.04. The molecule has 4 aromatic rings. The summed E-state index contributed by atoms with van der Waals surface area (Å²) >= 11 is 5.27. The molecule has 0 aliphatic carbocycles. The molecule has 3 aliphatic rings. The molecule has 44 heavy (non-hydrogen) atoms. The minimum Gasteiger partial charge on any atom is -1.00 e. The van der Waals surface area contributed by atoms with Crippen LogP contribution < -0.4 is 39.0 Å². The van der Waals surface area contributed by atoms with Crippen LogP contribution in [-0.2, 0) is 27.1 Å². The Kier molecular flexibility index (Phi) is 13.7. The largest absolute Gasteiger partial charge is 1.00 e. The summed E-state index contributed by atoms with van der Waals surface area (Å²) in [6.07, 6.45) is 2.24. The summed E-state index contributed by atoms with van der Waals surface area (Å²) in [5.41, 5.74) is 3.96. The molecule has 3 unspecified atom stereocenters. The Labute approximate surface area is 287 Å². The maximum Gasteiger partial charge on any atom is 1.00 e. The smallest absolute Gasteiger partial charge is 1.00 e. The number of benzene rings is 4. The van der Waals surface area contributed by atoms with E-state index >= 15 is 0 Å². The fraction of sp³-hybridized carbons (Fsp3) is 0.314. The van der Waals surface area contributed by atoms with Gasteiger partial charge in [0.1, 0.15) is 48.4 Å². The third-order valence-electron chi connectivity index (χ3n) is 6.92. The Morgan fingerprint density at radius 3 is 1.25 bits per heavy atom. The molecule has 3 saturated heterocycles. The average molecular weight is 629 g/mol. The van der Waals surface area contributed by atoms with Gasteiger partial charge in [0.2, 0.25) is 0 Å². The zero-order valence-corrected chi connectivity index (χ0v) is 27.7. The van der Waals surface area contributed by atoms with Gasteiger partial charge in [-0.1, -0.05) is 72.8 Å². The Balaban J connectivity index is 0.000000216. The van der Waals surface area contributed by atoms with Gasteiger partial charge < -0.3 is 35.3 Å². The van der Waals surface area contributed by atoms with E-state index in [9.17, 15) is 10.2 Å². The van der Waals surface area contributed by atoms with Gasteiger partial charge >= 0.3 is 29.6 Å². The minimum atomic E-state index is 0. The van der Waals surface area contributed by atoms with Crippen LogP contribution in [0.1, 0.15) is 23.7 Å². The van der Waals surface area contributed by atoms with Gasteiger partial charge in [0, 0.05) is 12.8 Å². The number of alkyl halides is 1. The number of phenols is 2. The molecule has 228 valence electrons. The zero-order valence-electron chi connectivity index (χ0n) is 25.9. The standard InChI is InChI=1S/C19H20O4.C13H12O2.C3H5ClO.Na.H/c1-3-7-18(22-12-16-10-20-16)14(5-1)9-15-6-2-4-8-19(15)23-13-17-11-21-17;14-12-7-3-1-5-10(12)9-11-6-2-4-8-13(11)15;4-1-3-2-5-3;;/h1-8,16-17H,9-13H2;1-8,14-15H,9H2;3H,1-2H2;;/q;;;+1;-1. The first-order valence-electron chi connectivity index (χ1n) is 14.4. The fourth-order valence-electron chi connectivity index (χ4n) is 4.16. The maximum absolute atomic E-state index is 9.58. The molecule has 0 saturated carbocycles. The monoisotopic (exact) mass is 628 g/mol. The van der Waals surface area contributed by atoms with Crippen LogP contribution in [0, 0.1) is 0 Å². The topological polar surface area (TPSA) is 96.5 Å². The predicted molar refractivity (Wildman–Crippen MR) is 167 cm³/mol. The Morgan fingerprint density at radius 1 is 0.568 bits per heavy atom. The van der Waals surface area contributed by atoms with E-state index in [0.29, 0.717) is 31.6 Å². The summed E-state index contributed by atoms with van der Waals surface area (Å²) in [4.78, 5) is 0. The van der Waals surface area contributed by atoms with Crippen LogP contribution in [0.2, 0.25) is 0 Å². The molecule has 4 aromatic carbocycles. The molecule has 0 aromatic heterocycles. The van der Waals surface area contributed by atoms with Gasteiger partial charge in [0.05, 0.1) is 31.8 Å². The molecule has 3 aliphatic heterocycles. The summed E-state index contributed by atoms with van der Waals surface area (Å²) in [6.45, 7) is 3.73. The van der Waals surface area contributed by atoms with Crippen LogP contribution in [-0.4, -0.2) is 67.4 Å². The van der Waals surface area contributed by atoms with Crippen LogP contribution in [0.3, 0.4) is 0 Å². The molecule has 9 heteroatoms. The van der Waals surface area contributed by atoms with Crippen LogP contribution in [0.5, 0.6) is 23.0 Å². The second-order valence-corrected chi connectivity index (χ2v) is 10.8. The summed E-state index contributed by atoms with van der Waals surface area (Å²) in [6, 6.07) is 30.6. The van der Waals surface area contributed by atoms with Crippen molar-refractivity contribution >= 4 is 11.6 Å². The molecule has 0 spiro atoms. The molecule has 0 radical (unpaired) electrons. The van der Waals surface area contributed by atoms with Crippen molar-refractivity contribution in [3.63, 3.8) is 0 Å². The van der Waals surface area contributed by atoms with Gasteiger partial charge in [-0.2, -0.15) is 0 Å². The molecular weight excluding hydrogens is 591 g/mol. The normalized spacial score (nSPS) is 18.7. The maximum atomic E-state index is 9.58. The third-order valence-corrected chi connectivity index (χ3v) is 7.26. The third kappa shape index (κ3) is 11.6. The number of hydrogen-bond donors (Lipinski definition) is 2. The van der Waals surface area contributed by atoms with Gasteiger partial charge in [0.25, 0.3) is 0 Å². The minimum absolute atomic E-state index is 0. The number of para-hydroxylation sites is 4. The van der Waals surface area contributed by atoms with Crippen LogP contribution >= 0.6 is 11.6 Å². The van der Waals surface area contributed by atoms with Crippen molar-refractivity contribution < 1.29 is 64.9 Å². The van der Waals surface area contributed by atoms with E-state index in [2.05, 4.69) is 12.1 Å². The van der Waals surface area contributed by atoms with Crippen molar-refractivity contribution in [3.05, 3.63) is 119 Å². The molecule has 3 atom stereocenters. The Hall–Kier alpha value is -2.75. The molecule has 7 rings (SSSR count). The molecule has 2 N–H and O–H groups in total. The predicted octanol–water partition coefficient (Wildman–Crippen LogP) is 3.26. The summed E-state index contributed by atoms with van der Waals surface area (Å²) < 4.78 is 26.9. The fourth-order valence-corrected chi connectivity index (χ4v) is 4.34. The van der Waals surface area contributed by atoms with Crippen molar-refractivity contribution in [1.82, 2.24) is 0 Å². The second kappa shape index (κ2) is 17.7. The van der Waals surface area contributed by atoms with E-state index in [1.165, 1.54) is 0 Å². The molecule has 0 amide bonds. The molecule has 3 fully saturated rings. The number of halogens is 1. The van der Waals surface area contributed by atoms with Crippen LogP contribution in [0.15, 0.2) is 97.1 Å². The summed E-state index contributed by atoms with van der Waals surface area (Å²) in [5, 5.41) is 19.2. The first-order valence-corrected chi connectivity index (χ1v) is 15.0. The van der Waals surface area contributed by atoms with Crippen molar-refractivity contribution in [2.75, 3.05) is 38.9 Å². The van der Waals surface area contributed by atoms with E-state index in [4.69, 9.17) is 35.3 Å². The van der Waals surface area contributed by atoms with Crippen molar-refractivity contribution in [3.8, 4) is 23.0 Å². The summed E-state index contributed by atoms with van der Waals surface area (Å²) in [7, 11) is 0. The van der Waals surface area contributed by atoms with Crippen molar-refractivity contribution in [2.45, 2.75) is 31.2 Å². The van der Waals surface area contributed by atoms with Gasteiger partial charge in [-0.05, 0) is 46.5 Å². The quantitative estimate of drug-likeness (QED) is 0.150. The number of aromatic hydroxyl groups is 2. The van der Waals surface area contributed by atoms with E-state index in [1.54, 1.807) is 24.3 Å². The zero-order chi connectivity index (χ0) is 29.9. The van der Waals surface area contributed by atoms with Crippen LogP contribution in [0.25, 0.3) is 0 Å². The molecule has 0 bridgehead atoms. The van der Waals surface area contributed by atoms with Crippen molar-refractivity contribution in [1.29, 1.82) is 0 Å². The average Bonchev–Trinajstić information content (AvgIpc) is 3.88. The van der Waals surface area contributed by atoms with Gasteiger partial charge in [-0.3, -0.25) is 0 Å². The van der Waals surface area contributed by atoms with Gasteiger partial charge in [-0.25, -0.2) is 0 Å².